The summed E-state index contributed by atoms with van der Waals surface area (Å²) >= 11 is 1.59. The third kappa shape index (κ3) is 4.38. The summed E-state index contributed by atoms with van der Waals surface area (Å²) in [5.41, 5.74) is 1.82. The second kappa shape index (κ2) is 9.13. The number of hydrogen-bond donors (Lipinski definition) is 0. The number of anilines is 1. The van der Waals surface area contributed by atoms with Gasteiger partial charge in [-0.05, 0) is 42.8 Å². The van der Waals surface area contributed by atoms with Crippen molar-refractivity contribution in [2.45, 2.75) is 6.92 Å². The van der Waals surface area contributed by atoms with E-state index in [4.69, 9.17) is 9.47 Å². The number of rotatable bonds is 6. The fourth-order valence-corrected chi connectivity index (χ4v) is 4.31. The van der Waals surface area contributed by atoms with E-state index in [1.54, 1.807) is 30.7 Å². The van der Waals surface area contributed by atoms with Crippen molar-refractivity contribution in [3.05, 3.63) is 48.2 Å². The molecular formula is C22H24N4O3S. The first-order valence-electron chi connectivity index (χ1n) is 9.92. The molecule has 0 N–H and O–H groups in total. The van der Waals surface area contributed by atoms with Gasteiger partial charge in [-0.3, -0.25) is 4.79 Å². The summed E-state index contributed by atoms with van der Waals surface area (Å²) in [5, 5.41) is 0.966. The zero-order valence-electron chi connectivity index (χ0n) is 17.1. The number of pyridine rings is 1. The molecule has 1 aromatic carbocycles. The Morgan fingerprint density at radius 1 is 1.20 bits per heavy atom. The average molecular weight is 425 g/mol. The Hall–Kier alpha value is -3.13. The Kier molecular flexibility index (Phi) is 6.13. The molecule has 0 bridgehead atoms. The molecule has 0 spiro atoms. The molecule has 0 unspecified atom stereocenters. The number of benzene rings is 1. The van der Waals surface area contributed by atoms with Gasteiger partial charge in [0.2, 0.25) is 5.91 Å². The van der Waals surface area contributed by atoms with E-state index in [9.17, 15) is 4.79 Å². The third-order valence-corrected chi connectivity index (χ3v) is 5.96. The quantitative estimate of drug-likeness (QED) is 0.565. The van der Waals surface area contributed by atoms with Crippen molar-refractivity contribution in [1.29, 1.82) is 0 Å². The summed E-state index contributed by atoms with van der Waals surface area (Å²) in [7, 11) is 1.61. The molecule has 4 rings (SSSR count). The van der Waals surface area contributed by atoms with Crippen LogP contribution in [0.15, 0.2) is 42.6 Å². The van der Waals surface area contributed by atoms with Gasteiger partial charge in [0, 0.05) is 38.5 Å². The van der Waals surface area contributed by atoms with Gasteiger partial charge in [0.1, 0.15) is 10.3 Å². The molecule has 1 saturated heterocycles. The Balaban J connectivity index is 1.36. The molecule has 1 fully saturated rings. The predicted molar refractivity (Wildman–Crippen MR) is 119 cm³/mol. The molecule has 156 valence electrons. The zero-order valence-corrected chi connectivity index (χ0v) is 17.9. The molecule has 2 aromatic heterocycles. The van der Waals surface area contributed by atoms with Crippen molar-refractivity contribution >= 4 is 38.8 Å². The molecule has 8 heteroatoms. The number of carbonyl (C=O) groups excluding carboxylic acids is 1. The molecule has 3 aromatic rings. The highest BCUT2D eigenvalue weighted by Gasteiger charge is 2.22. The van der Waals surface area contributed by atoms with E-state index in [1.807, 2.05) is 48.2 Å². The van der Waals surface area contributed by atoms with E-state index in [0.29, 0.717) is 31.2 Å². The second-order valence-corrected chi connectivity index (χ2v) is 7.77. The van der Waals surface area contributed by atoms with Gasteiger partial charge < -0.3 is 19.3 Å². The summed E-state index contributed by atoms with van der Waals surface area (Å²) in [4.78, 5) is 26.7. The number of carbonyl (C=O) groups is 1. The summed E-state index contributed by atoms with van der Waals surface area (Å²) in [6, 6.07) is 9.51. The van der Waals surface area contributed by atoms with Gasteiger partial charge in [0.05, 0.1) is 13.7 Å². The van der Waals surface area contributed by atoms with Crippen LogP contribution in [0.1, 0.15) is 12.5 Å². The topological polar surface area (TPSA) is 67.8 Å². The maximum absolute atomic E-state index is 12.6. The Labute approximate surface area is 179 Å². The van der Waals surface area contributed by atoms with Gasteiger partial charge in [-0.15, -0.1) is 0 Å². The minimum atomic E-state index is 0.00870. The van der Waals surface area contributed by atoms with Gasteiger partial charge in [-0.2, -0.15) is 0 Å². The van der Waals surface area contributed by atoms with Crippen LogP contribution in [-0.2, 0) is 4.79 Å². The van der Waals surface area contributed by atoms with Crippen LogP contribution >= 0.6 is 11.3 Å². The first-order valence-corrected chi connectivity index (χ1v) is 10.7. The first kappa shape index (κ1) is 20.2. The number of amides is 1. The number of aromatic nitrogens is 2. The van der Waals surface area contributed by atoms with E-state index in [-0.39, 0.29) is 5.91 Å². The fraction of sp³-hybridized carbons (Fsp3) is 0.318. The molecule has 1 aliphatic heterocycles. The Morgan fingerprint density at radius 2 is 2.03 bits per heavy atom. The second-order valence-electron chi connectivity index (χ2n) is 6.81. The van der Waals surface area contributed by atoms with Gasteiger partial charge in [-0.1, -0.05) is 17.4 Å². The van der Waals surface area contributed by atoms with E-state index < -0.39 is 0 Å². The maximum Gasteiger partial charge on any atom is 0.246 e. The number of fused-ring (bicyclic) bond motifs is 1. The van der Waals surface area contributed by atoms with E-state index in [0.717, 1.165) is 34.1 Å². The molecule has 0 radical (unpaired) electrons. The molecule has 1 amide bonds. The number of ether oxygens (including phenoxy) is 2. The molecule has 3 heterocycles. The van der Waals surface area contributed by atoms with Crippen LogP contribution in [0.4, 0.5) is 5.13 Å². The number of piperazine rings is 1. The predicted octanol–water partition coefficient (Wildman–Crippen LogP) is 3.46. The van der Waals surface area contributed by atoms with Gasteiger partial charge in [-0.25, -0.2) is 9.97 Å². The van der Waals surface area contributed by atoms with Crippen molar-refractivity contribution in [3.63, 3.8) is 0 Å². The maximum atomic E-state index is 12.6. The van der Waals surface area contributed by atoms with Crippen LogP contribution in [0.25, 0.3) is 16.4 Å². The monoisotopic (exact) mass is 424 g/mol. The largest absolute Gasteiger partial charge is 0.493 e. The van der Waals surface area contributed by atoms with Gasteiger partial charge in [0.25, 0.3) is 0 Å². The average Bonchev–Trinajstić information content (AvgIpc) is 3.22. The number of nitrogens with zero attached hydrogens (tertiary/aromatic N) is 4. The van der Waals surface area contributed by atoms with Crippen LogP contribution < -0.4 is 14.4 Å². The molecule has 0 saturated carbocycles. The van der Waals surface area contributed by atoms with Crippen LogP contribution in [0.2, 0.25) is 0 Å². The van der Waals surface area contributed by atoms with E-state index >= 15 is 0 Å². The van der Waals surface area contributed by atoms with E-state index in [2.05, 4.69) is 14.9 Å². The third-order valence-electron chi connectivity index (χ3n) is 4.92. The van der Waals surface area contributed by atoms with Crippen LogP contribution in [0, 0.1) is 0 Å². The molecule has 0 aliphatic carbocycles. The summed E-state index contributed by atoms with van der Waals surface area (Å²) in [6.07, 6.45) is 5.22. The van der Waals surface area contributed by atoms with Crippen molar-refractivity contribution in [3.8, 4) is 11.5 Å². The molecule has 7 nitrogen and oxygen atoms in total. The van der Waals surface area contributed by atoms with Crippen LogP contribution in [0.5, 0.6) is 11.5 Å². The molecular weight excluding hydrogens is 400 g/mol. The lowest BCUT2D eigenvalue weighted by atomic mass is 10.2. The van der Waals surface area contributed by atoms with Crippen molar-refractivity contribution < 1.29 is 14.3 Å². The minimum absolute atomic E-state index is 0.00870. The Bertz CT molecular complexity index is 1020. The van der Waals surface area contributed by atoms with Gasteiger partial charge >= 0.3 is 0 Å². The van der Waals surface area contributed by atoms with Crippen molar-refractivity contribution in [2.75, 3.05) is 44.8 Å². The van der Waals surface area contributed by atoms with Gasteiger partial charge in [0.15, 0.2) is 16.6 Å². The zero-order chi connectivity index (χ0) is 20.9. The molecule has 0 atom stereocenters. The molecule has 1 aliphatic rings. The van der Waals surface area contributed by atoms with E-state index in [1.165, 1.54) is 0 Å². The SMILES string of the molecule is CCOc1cc(/C=C/C(=O)N2CCN(c3nc4cccnc4s3)CC2)ccc1OC. The highest BCUT2D eigenvalue weighted by molar-refractivity contribution is 7.21. The summed E-state index contributed by atoms with van der Waals surface area (Å²) in [6.45, 7) is 5.33. The number of methoxy groups -OCH3 is 1. The molecule has 30 heavy (non-hydrogen) atoms. The summed E-state index contributed by atoms with van der Waals surface area (Å²) in [5.74, 6) is 1.37. The lowest BCUT2D eigenvalue weighted by Crippen LogP contribution is -2.48. The smallest absolute Gasteiger partial charge is 0.246 e. The summed E-state index contributed by atoms with van der Waals surface area (Å²) < 4.78 is 10.9. The van der Waals surface area contributed by atoms with Crippen LogP contribution in [0.3, 0.4) is 0 Å². The van der Waals surface area contributed by atoms with Crippen molar-refractivity contribution in [1.82, 2.24) is 14.9 Å². The highest BCUT2D eigenvalue weighted by Crippen LogP contribution is 2.29. The fourth-order valence-electron chi connectivity index (χ4n) is 3.35. The normalized spacial score (nSPS) is 14.5. The van der Waals surface area contributed by atoms with Crippen molar-refractivity contribution in [2.24, 2.45) is 0 Å². The number of thiazole rings is 1. The lowest BCUT2D eigenvalue weighted by molar-refractivity contribution is -0.126. The minimum Gasteiger partial charge on any atom is -0.493 e. The highest BCUT2D eigenvalue weighted by atomic mass is 32.1. The first-order chi connectivity index (χ1) is 14.7. The Morgan fingerprint density at radius 3 is 2.77 bits per heavy atom. The van der Waals surface area contributed by atoms with Crippen LogP contribution in [-0.4, -0.2) is 60.7 Å². The standard InChI is InChI=1S/C22H24N4O3S/c1-3-29-19-15-16(6-8-18(19)28-2)7-9-20(27)25-11-13-26(14-12-25)22-24-17-5-4-10-23-21(17)30-22/h4-10,15H,3,11-14H2,1-2H3/b9-7+. The number of hydrogen-bond acceptors (Lipinski definition) is 7. The lowest BCUT2D eigenvalue weighted by Gasteiger charge is -2.34.